The van der Waals surface area contributed by atoms with Crippen molar-refractivity contribution in [2.24, 2.45) is 0 Å². The summed E-state index contributed by atoms with van der Waals surface area (Å²) in [7, 11) is 1.62. The van der Waals surface area contributed by atoms with E-state index in [1.165, 1.54) is 0 Å². The number of para-hydroxylation sites is 1. The first kappa shape index (κ1) is 23.7. The fourth-order valence-corrected chi connectivity index (χ4v) is 3.21. The number of ether oxygens (including phenoxy) is 2. The van der Waals surface area contributed by atoms with Crippen LogP contribution in [0.5, 0.6) is 11.5 Å². The monoisotopic (exact) mass is 448 g/mol. The number of nitrogens with one attached hydrogen (secondary N) is 2. The number of carbonyl (C=O) groups is 1. The van der Waals surface area contributed by atoms with Crippen molar-refractivity contribution in [2.45, 2.75) is 25.7 Å². The van der Waals surface area contributed by atoms with E-state index >= 15 is 0 Å². The van der Waals surface area contributed by atoms with Crippen LogP contribution in [0.1, 0.15) is 24.1 Å². The van der Waals surface area contributed by atoms with E-state index < -0.39 is 0 Å². The van der Waals surface area contributed by atoms with Gasteiger partial charge in [-0.2, -0.15) is 0 Å². The van der Waals surface area contributed by atoms with Crippen LogP contribution in [-0.2, 0) is 17.6 Å². The number of carbonyl (C=O) groups excluding carboxylic acids is 1. The van der Waals surface area contributed by atoms with Crippen LogP contribution in [0.4, 0.5) is 0 Å². The normalized spacial score (nSPS) is 10.5. The summed E-state index contributed by atoms with van der Waals surface area (Å²) < 4.78 is 11.0. The molecule has 3 rings (SSSR count). The van der Waals surface area contributed by atoms with Crippen LogP contribution in [-0.4, -0.2) is 41.3 Å². The van der Waals surface area contributed by atoms with Crippen molar-refractivity contribution in [1.82, 2.24) is 20.5 Å². The molecule has 0 aliphatic heterocycles. The maximum Gasteiger partial charge on any atom is 0.273 e. The van der Waals surface area contributed by atoms with Crippen molar-refractivity contribution in [2.75, 3.05) is 20.3 Å². The minimum atomic E-state index is -0.361. The van der Waals surface area contributed by atoms with E-state index in [4.69, 9.17) is 9.47 Å². The van der Waals surface area contributed by atoms with Crippen LogP contribution in [0.3, 0.4) is 0 Å². The molecule has 33 heavy (non-hydrogen) atoms. The van der Waals surface area contributed by atoms with Gasteiger partial charge in [-0.15, -0.1) is 16.8 Å². The van der Waals surface area contributed by atoms with Gasteiger partial charge in [-0.25, -0.2) is 0 Å². The largest absolute Gasteiger partial charge is 0.496 e. The Kier molecular flexibility index (Phi) is 8.76. The maximum absolute atomic E-state index is 12.4. The van der Waals surface area contributed by atoms with Gasteiger partial charge in [0.2, 0.25) is 5.91 Å². The van der Waals surface area contributed by atoms with Crippen LogP contribution in [0, 0.1) is 0 Å². The van der Waals surface area contributed by atoms with E-state index in [1.54, 1.807) is 19.3 Å². The molecule has 1 heterocycles. The molecule has 3 aromatic rings. The van der Waals surface area contributed by atoms with Gasteiger partial charge in [-0.05, 0) is 36.6 Å². The van der Waals surface area contributed by atoms with Gasteiger partial charge in [0.1, 0.15) is 17.2 Å². The number of H-pyrrole nitrogens is 1. The molecule has 0 unspecified atom stereocenters. The van der Waals surface area contributed by atoms with Gasteiger partial charge in [0.15, 0.2) is 5.82 Å². The van der Waals surface area contributed by atoms with Gasteiger partial charge in [-0.1, -0.05) is 36.4 Å². The Morgan fingerprint density at radius 3 is 2.79 bits per heavy atom. The lowest BCUT2D eigenvalue weighted by Gasteiger charge is -2.09. The highest BCUT2D eigenvalue weighted by Gasteiger charge is 2.10. The average molecular weight is 449 g/mol. The highest BCUT2D eigenvalue weighted by molar-refractivity contribution is 5.76. The van der Waals surface area contributed by atoms with Gasteiger partial charge >= 0.3 is 0 Å². The van der Waals surface area contributed by atoms with Gasteiger partial charge in [0.05, 0.1) is 13.7 Å². The van der Waals surface area contributed by atoms with Gasteiger partial charge in [0.25, 0.3) is 5.56 Å². The first-order valence-corrected chi connectivity index (χ1v) is 10.8. The summed E-state index contributed by atoms with van der Waals surface area (Å²) in [6.45, 7) is 4.67. The fourth-order valence-electron chi connectivity index (χ4n) is 3.21. The van der Waals surface area contributed by atoms with E-state index in [1.807, 2.05) is 42.5 Å². The summed E-state index contributed by atoms with van der Waals surface area (Å²) in [6, 6.07) is 14.9. The lowest BCUT2D eigenvalue weighted by molar-refractivity contribution is -0.121. The highest BCUT2D eigenvalue weighted by atomic mass is 16.5. The summed E-state index contributed by atoms with van der Waals surface area (Å²) in [5.74, 6) is 1.66. The van der Waals surface area contributed by atoms with Crippen molar-refractivity contribution < 1.29 is 14.3 Å². The Hall–Kier alpha value is -3.94. The third-order valence-corrected chi connectivity index (χ3v) is 4.96. The summed E-state index contributed by atoms with van der Waals surface area (Å²) in [5.41, 5.74) is 1.57. The van der Waals surface area contributed by atoms with Crippen LogP contribution in [0.25, 0.3) is 11.4 Å². The van der Waals surface area contributed by atoms with Crippen molar-refractivity contribution in [3.05, 3.63) is 82.8 Å². The van der Waals surface area contributed by atoms with Crippen LogP contribution in [0.2, 0.25) is 0 Å². The molecule has 0 bridgehead atoms. The molecule has 0 spiro atoms. The Balaban J connectivity index is 1.52. The quantitative estimate of drug-likeness (QED) is 0.326. The third-order valence-electron chi connectivity index (χ3n) is 4.96. The summed E-state index contributed by atoms with van der Waals surface area (Å²) in [4.78, 5) is 27.4. The number of amides is 1. The van der Waals surface area contributed by atoms with E-state index in [9.17, 15) is 9.59 Å². The van der Waals surface area contributed by atoms with Gasteiger partial charge in [0, 0.05) is 24.9 Å². The van der Waals surface area contributed by atoms with Gasteiger partial charge in [-0.3, -0.25) is 9.59 Å². The average Bonchev–Trinajstić information content (AvgIpc) is 2.84. The second-order valence-corrected chi connectivity index (χ2v) is 7.31. The summed E-state index contributed by atoms with van der Waals surface area (Å²) >= 11 is 0. The zero-order valence-electron chi connectivity index (χ0n) is 18.7. The lowest BCUT2D eigenvalue weighted by Crippen LogP contribution is -2.27. The number of rotatable bonds is 12. The molecule has 8 heteroatoms. The van der Waals surface area contributed by atoms with E-state index in [-0.39, 0.29) is 30.0 Å². The predicted octanol–water partition coefficient (Wildman–Crippen LogP) is 3.09. The zero-order valence-corrected chi connectivity index (χ0v) is 18.7. The molecular weight excluding hydrogens is 420 g/mol. The molecule has 2 aromatic carbocycles. The number of hydrogen-bond acceptors (Lipinski definition) is 6. The van der Waals surface area contributed by atoms with Crippen molar-refractivity contribution in [3.63, 3.8) is 0 Å². The molecule has 172 valence electrons. The standard InChI is InChI=1S/C25H28N4O4/c1-3-4-16-33-20-10-7-9-19(17-20)24-27-25(31)21(28-29-24)12-13-23(30)26-15-14-18-8-5-6-11-22(18)32-2/h3,5-11,17H,1,4,12-16H2,2H3,(H,26,30)(H,27,29,31). The molecule has 0 radical (unpaired) electrons. The van der Waals surface area contributed by atoms with E-state index in [2.05, 4.69) is 27.1 Å². The maximum atomic E-state index is 12.4. The number of aryl methyl sites for hydroxylation is 1. The van der Waals surface area contributed by atoms with Gasteiger partial charge < -0.3 is 19.8 Å². The molecule has 0 fully saturated rings. The minimum absolute atomic E-state index is 0.148. The minimum Gasteiger partial charge on any atom is -0.496 e. The molecule has 0 atom stereocenters. The second-order valence-electron chi connectivity index (χ2n) is 7.31. The van der Waals surface area contributed by atoms with Crippen molar-refractivity contribution >= 4 is 5.91 Å². The molecule has 1 amide bonds. The smallest absolute Gasteiger partial charge is 0.273 e. The number of aromatic amines is 1. The van der Waals surface area contributed by atoms with Crippen molar-refractivity contribution in [3.8, 4) is 22.9 Å². The highest BCUT2D eigenvalue weighted by Crippen LogP contribution is 2.20. The van der Waals surface area contributed by atoms with Crippen LogP contribution in [0.15, 0.2) is 66.0 Å². The van der Waals surface area contributed by atoms with E-state index in [0.717, 1.165) is 17.7 Å². The Labute approximate surface area is 192 Å². The first-order chi connectivity index (χ1) is 16.1. The zero-order chi connectivity index (χ0) is 23.5. The summed E-state index contributed by atoms with van der Waals surface area (Å²) in [6.07, 6.45) is 3.53. The molecular formula is C25H28N4O4. The SMILES string of the molecule is C=CCCOc1cccc(-c2nnc(CCC(=O)NCCc3ccccc3OC)c(=O)[nH]2)c1. The number of benzene rings is 2. The molecule has 2 N–H and O–H groups in total. The molecule has 8 nitrogen and oxygen atoms in total. The van der Waals surface area contributed by atoms with E-state index in [0.29, 0.717) is 36.7 Å². The number of aromatic nitrogens is 3. The first-order valence-electron chi connectivity index (χ1n) is 10.8. The third kappa shape index (κ3) is 7.03. The molecule has 0 saturated carbocycles. The van der Waals surface area contributed by atoms with Crippen molar-refractivity contribution in [1.29, 1.82) is 0 Å². The lowest BCUT2D eigenvalue weighted by atomic mass is 10.1. The summed E-state index contributed by atoms with van der Waals surface area (Å²) in [5, 5.41) is 11.0. The molecule has 0 saturated heterocycles. The Morgan fingerprint density at radius 2 is 2.00 bits per heavy atom. The molecule has 0 aliphatic carbocycles. The number of nitrogens with zero attached hydrogens (tertiary/aromatic N) is 2. The molecule has 1 aromatic heterocycles. The van der Waals surface area contributed by atoms with Crippen LogP contribution < -0.4 is 20.3 Å². The Bertz CT molecular complexity index is 1140. The Morgan fingerprint density at radius 1 is 1.15 bits per heavy atom. The predicted molar refractivity (Wildman–Crippen MR) is 126 cm³/mol. The topological polar surface area (TPSA) is 106 Å². The molecule has 0 aliphatic rings. The second kappa shape index (κ2) is 12.2. The number of hydrogen-bond donors (Lipinski definition) is 2. The fraction of sp³-hybridized carbons (Fsp3) is 0.280. The number of methoxy groups -OCH3 is 1. The van der Waals surface area contributed by atoms with Crippen LogP contribution >= 0.6 is 0 Å².